The van der Waals surface area contributed by atoms with Crippen molar-refractivity contribution in [3.05, 3.63) is 0 Å². The van der Waals surface area contributed by atoms with Gasteiger partial charge in [-0.1, -0.05) is 0 Å². The van der Waals surface area contributed by atoms with Crippen LogP contribution < -0.4 is 5.32 Å². The van der Waals surface area contributed by atoms with Gasteiger partial charge in [-0.15, -0.1) is 0 Å². The van der Waals surface area contributed by atoms with E-state index in [9.17, 15) is 0 Å². The van der Waals surface area contributed by atoms with Gasteiger partial charge >= 0.3 is 0 Å². The SMILES string of the molecule is CC(C)(CO)NCN1CC(O)C1. The van der Waals surface area contributed by atoms with Crippen molar-refractivity contribution in [2.75, 3.05) is 26.4 Å². The molecule has 1 rings (SSSR count). The van der Waals surface area contributed by atoms with Crippen molar-refractivity contribution in [1.82, 2.24) is 10.2 Å². The molecule has 0 aromatic rings. The average Bonchev–Trinajstić information content (AvgIpc) is 1.96. The van der Waals surface area contributed by atoms with Crippen LogP contribution in [0.5, 0.6) is 0 Å². The minimum absolute atomic E-state index is 0.128. The first-order valence-electron chi connectivity index (χ1n) is 4.30. The van der Waals surface area contributed by atoms with Crippen molar-refractivity contribution < 1.29 is 10.2 Å². The summed E-state index contributed by atoms with van der Waals surface area (Å²) in [5.41, 5.74) is -0.222. The van der Waals surface area contributed by atoms with Crippen molar-refractivity contribution in [2.45, 2.75) is 25.5 Å². The van der Waals surface area contributed by atoms with E-state index < -0.39 is 0 Å². The topological polar surface area (TPSA) is 55.7 Å². The average molecular weight is 174 g/mol. The van der Waals surface area contributed by atoms with E-state index in [1.54, 1.807) is 0 Å². The van der Waals surface area contributed by atoms with Crippen LogP contribution in [0.4, 0.5) is 0 Å². The van der Waals surface area contributed by atoms with Gasteiger partial charge in [-0.05, 0) is 13.8 Å². The lowest BCUT2D eigenvalue weighted by molar-refractivity contribution is -0.00922. The van der Waals surface area contributed by atoms with E-state index in [2.05, 4.69) is 10.2 Å². The third kappa shape index (κ3) is 2.71. The monoisotopic (exact) mass is 174 g/mol. The molecule has 0 atom stereocenters. The van der Waals surface area contributed by atoms with Crippen LogP contribution in [-0.2, 0) is 0 Å². The number of rotatable bonds is 4. The highest BCUT2D eigenvalue weighted by atomic mass is 16.3. The van der Waals surface area contributed by atoms with Crippen molar-refractivity contribution in [1.29, 1.82) is 0 Å². The van der Waals surface area contributed by atoms with Crippen LogP contribution in [0.15, 0.2) is 0 Å². The molecule has 0 aromatic carbocycles. The summed E-state index contributed by atoms with van der Waals surface area (Å²) in [7, 11) is 0. The zero-order valence-electron chi connectivity index (χ0n) is 7.75. The van der Waals surface area contributed by atoms with Gasteiger partial charge in [-0.3, -0.25) is 10.2 Å². The summed E-state index contributed by atoms with van der Waals surface area (Å²) in [5, 5.41) is 21.1. The Morgan fingerprint density at radius 3 is 2.50 bits per heavy atom. The van der Waals surface area contributed by atoms with Crippen LogP contribution in [0.2, 0.25) is 0 Å². The number of nitrogens with one attached hydrogen (secondary N) is 1. The number of aliphatic hydroxyl groups is 2. The summed E-state index contributed by atoms with van der Waals surface area (Å²) in [6.45, 7) is 6.25. The van der Waals surface area contributed by atoms with Gasteiger partial charge in [0.05, 0.1) is 12.7 Å². The molecule has 12 heavy (non-hydrogen) atoms. The Bertz CT molecular complexity index is 144. The van der Waals surface area contributed by atoms with Gasteiger partial charge in [0, 0.05) is 25.3 Å². The Labute approximate surface area is 73.2 Å². The van der Waals surface area contributed by atoms with Crippen molar-refractivity contribution in [3.63, 3.8) is 0 Å². The highest BCUT2D eigenvalue weighted by Gasteiger charge is 2.25. The maximum absolute atomic E-state index is 8.99. The molecule has 72 valence electrons. The molecule has 1 aliphatic heterocycles. The van der Waals surface area contributed by atoms with Crippen molar-refractivity contribution >= 4 is 0 Å². The number of β-amino-alcohol motifs (C(OH)–C–C–N with tert-alkyl or cyclic N) is 1. The van der Waals surface area contributed by atoms with Gasteiger partial charge in [0.2, 0.25) is 0 Å². The van der Waals surface area contributed by atoms with Crippen LogP contribution in [0.1, 0.15) is 13.8 Å². The first-order valence-corrected chi connectivity index (χ1v) is 4.30. The molecule has 4 heteroatoms. The van der Waals surface area contributed by atoms with Gasteiger partial charge in [0.1, 0.15) is 0 Å². The summed E-state index contributed by atoms with van der Waals surface area (Å²) in [6, 6.07) is 0. The summed E-state index contributed by atoms with van der Waals surface area (Å²) < 4.78 is 0. The molecule has 1 heterocycles. The molecular weight excluding hydrogens is 156 g/mol. The number of likely N-dealkylation sites (tertiary alicyclic amines) is 1. The van der Waals surface area contributed by atoms with Crippen LogP contribution in [-0.4, -0.2) is 53.1 Å². The van der Waals surface area contributed by atoms with E-state index >= 15 is 0 Å². The van der Waals surface area contributed by atoms with Crippen LogP contribution in [0.3, 0.4) is 0 Å². The quantitative estimate of drug-likeness (QED) is 0.511. The maximum Gasteiger partial charge on any atom is 0.0794 e. The largest absolute Gasteiger partial charge is 0.394 e. The summed E-state index contributed by atoms with van der Waals surface area (Å²) in [4.78, 5) is 2.10. The number of hydrogen-bond donors (Lipinski definition) is 3. The lowest BCUT2D eigenvalue weighted by Crippen LogP contribution is -2.57. The zero-order valence-corrected chi connectivity index (χ0v) is 7.75. The molecule has 0 aliphatic carbocycles. The first kappa shape index (κ1) is 9.92. The predicted molar refractivity (Wildman–Crippen MR) is 46.7 cm³/mol. The molecule has 1 fully saturated rings. The lowest BCUT2D eigenvalue weighted by Gasteiger charge is -2.38. The van der Waals surface area contributed by atoms with Gasteiger partial charge in [-0.2, -0.15) is 0 Å². The molecule has 0 aromatic heterocycles. The van der Waals surface area contributed by atoms with E-state index in [4.69, 9.17) is 10.2 Å². The minimum Gasteiger partial charge on any atom is -0.394 e. The molecule has 0 bridgehead atoms. The standard InChI is InChI=1S/C8H18N2O2/c1-8(2,5-11)9-6-10-3-7(12)4-10/h7,9,11-12H,3-6H2,1-2H3. The normalized spacial score (nSPS) is 21.0. The summed E-state index contributed by atoms with van der Waals surface area (Å²) in [6.07, 6.45) is -0.149. The molecular formula is C8H18N2O2. The Morgan fingerprint density at radius 2 is 2.08 bits per heavy atom. The molecule has 4 nitrogen and oxygen atoms in total. The summed E-state index contributed by atoms with van der Waals surface area (Å²) in [5.74, 6) is 0. The third-order valence-electron chi connectivity index (χ3n) is 2.11. The number of hydrogen-bond acceptors (Lipinski definition) is 4. The van der Waals surface area contributed by atoms with Gasteiger partial charge in [0.25, 0.3) is 0 Å². The fraction of sp³-hybridized carbons (Fsp3) is 1.00. The number of aliphatic hydroxyl groups excluding tert-OH is 2. The fourth-order valence-corrected chi connectivity index (χ4v) is 1.05. The van der Waals surface area contributed by atoms with E-state index in [0.29, 0.717) is 0 Å². The van der Waals surface area contributed by atoms with Crippen LogP contribution in [0.25, 0.3) is 0 Å². The number of nitrogens with zero attached hydrogens (tertiary/aromatic N) is 1. The molecule has 1 saturated heterocycles. The second kappa shape index (κ2) is 3.70. The Balaban J connectivity index is 2.10. The van der Waals surface area contributed by atoms with E-state index in [1.807, 2.05) is 13.8 Å². The smallest absolute Gasteiger partial charge is 0.0794 e. The fourth-order valence-electron chi connectivity index (χ4n) is 1.05. The van der Waals surface area contributed by atoms with Gasteiger partial charge in [-0.25, -0.2) is 0 Å². The lowest BCUT2D eigenvalue weighted by atomic mass is 10.1. The molecule has 3 N–H and O–H groups in total. The van der Waals surface area contributed by atoms with Crippen LogP contribution >= 0.6 is 0 Å². The van der Waals surface area contributed by atoms with E-state index in [0.717, 1.165) is 19.8 Å². The molecule has 0 amide bonds. The first-order chi connectivity index (χ1) is 5.53. The summed E-state index contributed by atoms with van der Waals surface area (Å²) >= 11 is 0. The highest BCUT2D eigenvalue weighted by molar-refractivity contribution is 4.81. The Hall–Kier alpha value is -0.160. The van der Waals surface area contributed by atoms with Crippen molar-refractivity contribution in [2.24, 2.45) is 0 Å². The second-order valence-electron chi connectivity index (χ2n) is 4.07. The van der Waals surface area contributed by atoms with E-state index in [-0.39, 0.29) is 18.2 Å². The molecule has 1 aliphatic rings. The van der Waals surface area contributed by atoms with Gasteiger partial charge < -0.3 is 10.2 Å². The zero-order chi connectivity index (χ0) is 9.19. The molecule has 0 radical (unpaired) electrons. The van der Waals surface area contributed by atoms with Gasteiger partial charge in [0.15, 0.2) is 0 Å². The van der Waals surface area contributed by atoms with Crippen LogP contribution in [0, 0.1) is 0 Å². The van der Waals surface area contributed by atoms with Crippen molar-refractivity contribution in [3.8, 4) is 0 Å². The third-order valence-corrected chi connectivity index (χ3v) is 2.11. The highest BCUT2D eigenvalue weighted by Crippen LogP contribution is 2.07. The maximum atomic E-state index is 8.99. The second-order valence-corrected chi connectivity index (χ2v) is 4.07. The Morgan fingerprint density at radius 1 is 1.50 bits per heavy atom. The molecule has 0 unspecified atom stereocenters. The van der Waals surface area contributed by atoms with E-state index in [1.165, 1.54) is 0 Å². The Kier molecular flexibility index (Phi) is 3.06. The minimum atomic E-state index is -0.222. The molecule has 0 spiro atoms. The molecule has 0 saturated carbocycles. The predicted octanol–water partition coefficient (Wildman–Crippen LogP) is -1.02.